The highest BCUT2D eigenvalue weighted by Crippen LogP contribution is 2.29. The number of nitrogens with one attached hydrogen (secondary N) is 2. The van der Waals surface area contributed by atoms with Crippen LogP contribution in [-0.2, 0) is 20.8 Å². The largest absolute Gasteiger partial charge is 0.390 e. The Kier molecular flexibility index (Phi) is 16.4. The molecule has 3 amide bonds. The van der Waals surface area contributed by atoms with Gasteiger partial charge >= 0.3 is 0 Å². The van der Waals surface area contributed by atoms with Gasteiger partial charge in [0.25, 0.3) is 5.92 Å². The minimum absolute atomic E-state index is 0.106. The maximum absolute atomic E-state index is 13.9. The van der Waals surface area contributed by atoms with Gasteiger partial charge in [-0.1, -0.05) is 76.3 Å². The average Bonchev–Trinajstić information content (AvgIpc) is 3.06. The van der Waals surface area contributed by atoms with Gasteiger partial charge in [0.05, 0.1) is 24.6 Å². The zero-order valence-corrected chi connectivity index (χ0v) is 29.6. The number of piperidine rings is 1. The summed E-state index contributed by atoms with van der Waals surface area (Å²) in [5.41, 5.74) is 0.835. The molecule has 0 spiro atoms. The van der Waals surface area contributed by atoms with E-state index in [0.29, 0.717) is 38.3 Å². The predicted molar refractivity (Wildman–Crippen MR) is 186 cm³/mol. The number of aliphatic hydroxyl groups is 2. The van der Waals surface area contributed by atoms with Gasteiger partial charge in [-0.05, 0) is 49.6 Å². The van der Waals surface area contributed by atoms with Gasteiger partial charge < -0.3 is 25.7 Å². The molecule has 1 saturated carbocycles. The number of nitrogens with zero attached hydrogens (tertiary/aromatic N) is 2. The summed E-state index contributed by atoms with van der Waals surface area (Å²) in [7, 11) is 1.60. The van der Waals surface area contributed by atoms with E-state index >= 15 is 0 Å². The molecule has 11 heteroatoms. The molecule has 0 bridgehead atoms. The summed E-state index contributed by atoms with van der Waals surface area (Å²) < 4.78 is 27.8. The Morgan fingerprint density at radius 2 is 1.76 bits per heavy atom. The topological polar surface area (TPSA) is 122 Å². The molecule has 274 valence electrons. The van der Waals surface area contributed by atoms with Crippen molar-refractivity contribution in [2.24, 2.45) is 17.8 Å². The summed E-state index contributed by atoms with van der Waals surface area (Å²) in [5.74, 6) is -2.04. The number of carbonyl (C=O) groups is 3. The first-order chi connectivity index (χ1) is 23.3. The molecule has 2 aliphatic rings. The summed E-state index contributed by atoms with van der Waals surface area (Å²) in [5, 5.41) is 27.7. The van der Waals surface area contributed by atoms with Crippen molar-refractivity contribution in [2.45, 2.75) is 121 Å². The van der Waals surface area contributed by atoms with Gasteiger partial charge in [-0.15, -0.1) is 12.3 Å². The van der Waals surface area contributed by atoms with E-state index in [9.17, 15) is 33.4 Å². The minimum Gasteiger partial charge on any atom is -0.390 e. The quantitative estimate of drug-likeness (QED) is 0.172. The number of terminal acetylenes is 1. The lowest BCUT2D eigenvalue weighted by atomic mass is 9.82. The van der Waals surface area contributed by atoms with Gasteiger partial charge in [0.15, 0.2) is 0 Å². The van der Waals surface area contributed by atoms with E-state index in [0.717, 1.165) is 37.7 Å². The van der Waals surface area contributed by atoms with Gasteiger partial charge in [-0.2, -0.15) is 0 Å². The van der Waals surface area contributed by atoms with Gasteiger partial charge in [0, 0.05) is 39.4 Å². The third-order valence-electron chi connectivity index (χ3n) is 9.88. The van der Waals surface area contributed by atoms with Crippen molar-refractivity contribution >= 4 is 17.7 Å². The van der Waals surface area contributed by atoms with Crippen LogP contribution >= 0.6 is 0 Å². The average molecular weight is 689 g/mol. The van der Waals surface area contributed by atoms with Crippen LogP contribution in [0, 0.1) is 30.1 Å². The molecule has 1 heterocycles. The van der Waals surface area contributed by atoms with E-state index in [-0.39, 0.29) is 50.6 Å². The molecule has 0 aromatic heterocycles. The first kappa shape index (κ1) is 40.4. The van der Waals surface area contributed by atoms with Crippen LogP contribution in [0.25, 0.3) is 0 Å². The second kappa shape index (κ2) is 19.9. The third kappa shape index (κ3) is 14.0. The van der Waals surface area contributed by atoms with E-state index in [1.165, 1.54) is 4.90 Å². The number of likely N-dealkylation sites (tertiary alicyclic amines) is 1. The fraction of sp³-hybridized carbons (Fsp3) is 0.711. The molecule has 1 aliphatic carbocycles. The van der Waals surface area contributed by atoms with Crippen molar-refractivity contribution in [1.82, 2.24) is 20.4 Å². The fourth-order valence-electron chi connectivity index (χ4n) is 7.03. The Bertz CT molecular complexity index is 1220. The number of hydrogen-bond acceptors (Lipinski definition) is 6. The number of halogens is 2. The molecule has 9 nitrogen and oxygen atoms in total. The number of carbonyl (C=O) groups excluding carboxylic acids is 3. The smallest absolute Gasteiger partial charge is 0.260 e. The molecule has 1 aliphatic heterocycles. The zero-order chi connectivity index (χ0) is 36.0. The number of hydrogen-bond donors (Lipinski definition) is 4. The lowest BCUT2D eigenvalue weighted by Gasteiger charge is -2.34. The first-order valence-corrected chi connectivity index (χ1v) is 18.1. The van der Waals surface area contributed by atoms with Crippen molar-refractivity contribution in [2.75, 3.05) is 33.2 Å². The van der Waals surface area contributed by atoms with Crippen molar-refractivity contribution in [1.29, 1.82) is 0 Å². The zero-order valence-electron chi connectivity index (χ0n) is 29.6. The van der Waals surface area contributed by atoms with E-state index in [1.807, 2.05) is 44.2 Å². The van der Waals surface area contributed by atoms with Crippen molar-refractivity contribution in [3.05, 3.63) is 35.9 Å². The van der Waals surface area contributed by atoms with Crippen molar-refractivity contribution in [3.8, 4) is 12.3 Å². The number of rotatable bonds is 18. The molecule has 1 aromatic rings. The van der Waals surface area contributed by atoms with Crippen molar-refractivity contribution in [3.63, 3.8) is 0 Å². The fourth-order valence-corrected chi connectivity index (χ4v) is 7.03. The number of likely N-dealkylation sites (N-methyl/N-ethyl adjacent to an activating group) is 1. The van der Waals surface area contributed by atoms with E-state index in [2.05, 4.69) is 16.6 Å². The normalized spacial score (nSPS) is 20.0. The molecule has 3 rings (SSSR count). The molecular weight excluding hydrogens is 630 g/mol. The predicted octanol–water partition coefficient (Wildman–Crippen LogP) is 4.16. The summed E-state index contributed by atoms with van der Waals surface area (Å²) in [6, 6.07) is 7.40. The van der Waals surface area contributed by atoms with Gasteiger partial charge in [-0.25, -0.2) is 8.78 Å². The van der Waals surface area contributed by atoms with Crippen LogP contribution in [0.2, 0.25) is 0 Å². The highest BCUT2D eigenvalue weighted by molar-refractivity contribution is 5.91. The van der Waals surface area contributed by atoms with E-state index in [1.54, 1.807) is 11.9 Å². The van der Waals surface area contributed by atoms with E-state index in [4.69, 9.17) is 6.42 Å². The SMILES string of the molecule is C#CCC(NC(=O)C(CC(=O)N(C)CCN1CCCC(F)(F)C1)Cc1ccccc1)C(=O)NC(CC1CCCCC1)C(O)[C@@H](O)CC(C)C. The Morgan fingerprint density at radius 3 is 2.39 bits per heavy atom. The Balaban J connectivity index is 1.71. The monoisotopic (exact) mass is 688 g/mol. The summed E-state index contributed by atoms with van der Waals surface area (Å²) >= 11 is 0. The Hall–Kier alpha value is -3.07. The Labute approximate surface area is 291 Å². The Morgan fingerprint density at radius 1 is 1.06 bits per heavy atom. The number of aliphatic hydroxyl groups excluding tert-OH is 2. The lowest BCUT2D eigenvalue weighted by Crippen LogP contribution is -2.56. The number of benzene rings is 1. The van der Waals surface area contributed by atoms with Crippen LogP contribution in [0.3, 0.4) is 0 Å². The maximum Gasteiger partial charge on any atom is 0.260 e. The van der Waals surface area contributed by atoms with Crippen molar-refractivity contribution < 1.29 is 33.4 Å². The maximum atomic E-state index is 13.9. The van der Waals surface area contributed by atoms with Crippen LogP contribution in [0.15, 0.2) is 30.3 Å². The number of alkyl halides is 2. The molecule has 5 atom stereocenters. The molecule has 1 aromatic carbocycles. The molecule has 4 N–H and O–H groups in total. The van der Waals surface area contributed by atoms with Crippen LogP contribution in [0.5, 0.6) is 0 Å². The summed E-state index contributed by atoms with van der Waals surface area (Å²) in [6.07, 6.45) is 9.82. The number of amides is 3. The highest BCUT2D eigenvalue weighted by Gasteiger charge is 2.36. The van der Waals surface area contributed by atoms with E-state index < -0.39 is 47.9 Å². The van der Waals surface area contributed by atoms with Crippen LogP contribution < -0.4 is 10.6 Å². The first-order valence-electron chi connectivity index (χ1n) is 18.1. The summed E-state index contributed by atoms with van der Waals surface area (Å²) in [4.78, 5) is 44.0. The van der Waals surface area contributed by atoms with Gasteiger partial charge in [0.1, 0.15) is 12.1 Å². The highest BCUT2D eigenvalue weighted by atomic mass is 19.3. The van der Waals surface area contributed by atoms with Crippen LogP contribution in [0.4, 0.5) is 8.78 Å². The molecule has 1 saturated heterocycles. The second-order valence-corrected chi connectivity index (χ2v) is 14.7. The lowest BCUT2D eigenvalue weighted by molar-refractivity contribution is -0.137. The van der Waals surface area contributed by atoms with Crippen LogP contribution in [0.1, 0.15) is 90.0 Å². The second-order valence-electron chi connectivity index (χ2n) is 14.7. The van der Waals surface area contributed by atoms with Gasteiger partial charge in [-0.3, -0.25) is 19.3 Å². The minimum atomic E-state index is -2.73. The van der Waals surface area contributed by atoms with Gasteiger partial charge in [0.2, 0.25) is 17.7 Å². The molecule has 4 unspecified atom stereocenters. The molecule has 2 fully saturated rings. The molecule has 49 heavy (non-hydrogen) atoms. The summed E-state index contributed by atoms with van der Waals surface area (Å²) in [6.45, 7) is 4.66. The third-order valence-corrected chi connectivity index (χ3v) is 9.88. The standard InChI is InChI=1S/C38H58F2N4O5/c1-5-13-31(37(49)42-32(24-29-16-10-7-11-17-29)35(47)33(45)22-27(2)3)41-36(48)30(23-28-14-8-6-9-15-28)25-34(46)43(4)20-21-44-19-12-18-38(39,40)26-44/h1,6,8-9,14-15,27,29-33,35,45,47H,7,10-13,16-26H2,2-4H3,(H,41,48)(H,42,49)/t30?,31?,32?,33-,35?/m0/s1. The van der Waals surface area contributed by atoms with Crippen LogP contribution in [-0.4, -0.2) is 101 Å². The molecular formula is C38H58F2N4O5. The molecule has 0 radical (unpaired) electrons.